The summed E-state index contributed by atoms with van der Waals surface area (Å²) >= 11 is 0. The highest BCUT2D eigenvalue weighted by molar-refractivity contribution is 5.27. The molecule has 1 N–H and O–H groups in total. The van der Waals surface area contributed by atoms with E-state index in [0.717, 1.165) is 30.8 Å². The van der Waals surface area contributed by atoms with Crippen LogP contribution in [0.3, 0.4) is 0 Å². The Labute approximate surface area is 110 Å². The van der Waals surface area contributed by atoms with E-state index >= 15 is 0 Å². The summed E-state index contributed by atoms with van der Waals surface area (Å²) in [5.74, 6) is 0.700. The van der Waals surface area contributed by atoms with Gasteiger partial charge >= 0.3 is 0 Å². The maximum absolute atomic E-state index is 4.57. The summed E-state index contributed by atoms with van der Waals surface area (Å²) in [7, 11) is 0. The highest BCUT2D eigenvalue weighted by atomic mass is 15.2. The Balaban J connectivity index is 1.97. The molecular weight excluding hydrogens is 224 g/mol. The molecule has 1 aromatic heterocycles. The van der Waals surface area contributed by atoms with Gasteiger partial charge in [-0.3, -0.25) is 0 Å². The predicted molar refractivity (Wildman–Crippen MR) is 73.6 cm³/mol. The third kappa shape index (κ3) is 2.98. The lowest BCUT2D eigenvalue weighted by Crippen LogP contribution is -2.18. The van der Waals surface area contributed by atoms with Crippen LogP contribution in [0.5, 0.6) is 0 Å². The largest absolute Gasteiger partial charge is 0.352 e. The molecule has 2 rings (SSSR count). The fourth-order valence-electron chi connectivity index (χ4n) is 2.50. The Kier molecular flexibility index (Phi) is 4.15. The second kappa shape index (κ2) is 5.63. The Hall–Kier alpha value is -1.19. The second-order valence-electron chi connectivity index (χ2n) is 5.34. The topological polar surface area (TPSA) is 50.7 Å². The van der Waals surface area contributed by atoms with E-state index in [9.17, 15) is 0 Å². The summed E-state index contributed by atoms with van der Waals surface area (Å²) in [5.41, 5.74) is 2.63. The van der Waals surface area contributed by atoms with Gasteiger partial charge in [-0.2, -0.15) is 5.10 Å². The first-order valence-electron chi connectivity index (χ1n) is 7.19. The average molecular weight is 248 g/mol. The maximum Gasteiger partial charge on any atom is 0.242 e. The van der Waals surface area contributed by atoms with E-state index in [1.54, 1.807) is 0 Å². The van der Waals surface area contributed by atoms with E-state index in [4.69, 9.17) is 0 Å². The lowest BCUT2D eigenvalue weighted by atomic mass is 10.0. The fraction of sp³-hybridized carbons (Fsp3) is 0.786. The van der Waals surface area contributed by atoms with Crippen LogP contribution in [0.15, 0.2) is 0 Å². The van der Waals surface area contributed by atoms with Crippen molar-refractivity contribution in [3.8, 4) is 0 Å². The molecule has 1 aromatic rings. The summed E-state index contributed by atoms with van der Waals surface area (Å²) in [4.78, 5) is 4.57. The normalized spacial score (nSPS) is 16.6. The third-order valence-corrected chi connectivity index (χ3v) is 3.87. The molecule has 0 atom stereocenters. The van der Waals surface area contributed by atoms with Gasteiger partial charge in [-0.1, -0.05) is 27.2 Å². The van der Waals surface area contributed by atoms with Gasteiger partial charge in [0.15, 0.2) is 0 Å². The van der Waals surface area contributed by atoms with E-state index in [-0.39, 0.29) is 0 Å². The van der Waals surface area contributed by atoms with Crippen LogP contribution in [0.2, 0.25) is 0 Å². The number of anilines is 1. The molecule has 18 heavy (non-hydrogen) atoms. The van der Waals surface area contributed by atoms with Crippen molar-refractivity contribution in [2.24, 2.45) is 5.41 Å². The van der Waals surface area contributed by atoms with Crippen molar-refractivity contribution in [3.63, 3.8) is 0 Å². The lowest BCUT2D eigenvalue weighted by Gasteiger charge is -2.15. The van der Waals surface area contributed by atoms with E-state index in [0.29, 0.717) is 11.4 Å². The molecule has 0 unspecified atom stereocenters. The number of hydrogen-bond donors (Lipinski definition) is 1. The first-order chi connectivity index (χ1) is 8.73. The molecule has 0 aliphatic heterocycles. The quantitative estimate of drug-likeness (QED) is 0.806. The van der Waals surface area contributed by atoms with Gasteiger partial charge in [0.2, 0.25) is 5.95 Å². The van der Waals surface area contributed by atoms with Gasteiger partial charge in [-0.05, 0) is 37.5 Å². The first kappa shape index (κ1) is 13.2. The minimum absolute atomic E-state index is 0.522. The highest BCUT2D eigenvalue weighted by Crippen LogP contribution is 2.49. The van der Waals surface area contributed by atoms with Crippen LogP contribution >= 0.6 is 0 Å². The van der Waals surface area contributed by atoms with E-state index in [2.05, 4.69) is 41.3 Å². The molecule has 4 nitrogen and oxygen atoms in total. The summed E-state index contributed by atoms with van der Waals surface area (Å²) < 4.78 is 0. The van der Waals surface area contributed by atoms with Crippen molar-refractivity contribution in [2.45, 2.75) is 59.3 Å². The Morgan fingerprint density at radius 3 is 2.33 bits per heavy atom. The molecule has 100 valence electrons. The predicted octanol–water partition coefficient (Wildman–Crippen LogP) is 2.99. The van der Waals surface area contributed by atoms with Crippen LogP contribution < -0.4 is 5.32 Å². The van der Waals surface area contributed by atoms with E-state index in [1.165, 1.54) is 25.7 Å². The fourth-order valence-corrected chi connectivity index (χ4v) is 2.50. The van der Waals surface area contributed by atoms with Gasteiger partial charge in [0.1, 0.15) is 0 Å². The minimum Gasteiger partial charge on any atom is -0.352 e. The highest BCUT2D eigenvalue weighted by Gasteiger charge is 2.41. The standard InChI is InChI=1S/C14H24N4/c1-4-7-14(8-9-14)10-15-13-16-11(5-2)12(6-3)17-18-13/h4-10H2,1-3H3,(H,15,16,18). The average Bonchev–Trinajstić information content (AvgIpc) is 3.16. The Morgan fingerprint density at radius 1 is 1.06 bits per heavy atom. The van der Waals surface area contributed by atoms with Crippen LogP contribution in [0, 0.1) is 5.41 Å². The molecule has 1 aliphatic carbocycles. The van der Waals surface area contributed by atoms with Crippen molar-refractivity contribution in [1.82, 2.24) is 15.2 Å². The lowest BCUT2D eigenvalue weighted by molar-refractivity contribution is 0.484. The molecule has 1 heterocycles. The van der Waals surface area contributed by atoms with Gasteiger partial charge in [-0.25, -0.2) is 4.98 Å². The molecular formula is C14H24N4. The van der Waals surface area contributed by atoms with Crippen LogP contribution in [0.1, 0.15) is 57.8 Å². The maximum atomic E-state index is 4.57. The summed E-state index contributed by atoms with van der Waals surface area (Å²) in [5, 5.41) is 11.8. The monoisotopic (exact) mass is 248 g/mol. The van der Waals surface area contributed by atoms with Gasteiger partial charge in [-0.15, -0.1) is 5.10 Å². The van der Waals surface area contributed by atoms with Crippen molar-refractivity contribution in [1.29, 1.82) is 0 Å². The SMILES string of the molecule is CCCC1(CNc2nnc(CC)c(CC)n2)CC1. The number of aryl methyl sites for hydroxylation is 2. The molecule has 0 aromatic carbocycles. The molecule has 0 saturated heterocycles. The van der Waals surface area contributed by atoms with Gasteiger partial charge in [0.05, 0.1) is 11.4 Å². The summed E-state index contributed by atoms with van der Waals surface area (Å²) in [6.07, 6.45) is 7.08. The molecule has 0 bridgehead atoms. The van der Waals surface area contributed by atoms with Crippen molar-refractivity contribution >= 4 is 5.95 Å². The van der Waals surface area contributed by atoms with Crippen LogP contribution in [-0.4, -0.2) is 21.7 Å². The Bertz CT molecular complexity index is 399. The van der Waals surface area contributed by atoms with E-state index < -0.39 is 0 Å². The van der Waals surface area contributed by atoms with E-state index in [1.807, 2.05) is 0 Å². The van der Waals surface area contributed by atoms with Crippen LogP contribution in [0.25, 0.3) is 0 Å². The van der Waals surface area contributed by atoms with Crippen molar-refractivity contribution in [2.75, 3.05) is 11.9 Å². The zero-order chi connectivity index (χ0) is 13.0. The smallest absolute Gasteiger partial charge is 0.242 e. The van der Waals surface area contributed by atoms with Crippen molar-refractivity contribution in [3.05, 3.63) is 11.4 Å². The summed E-state index contributed by atoms with van der Waals surface area (Å²) in [6, 6.07) is 0. The third-order valence-electron chi connectivity index (χ3n) is 3.87. The zero-order valence-electron chi connectivity index (χ0n) is 11.8. The summed E-state index contributed by atoms with van der Waals surface area (Å²) in [6.45, 7) is 7.46. The first-order valence-corrected chi connectivity index (χ1v) is 7.19. The number of nitrogens with one attached hydrogen (secondary N) is 1. The molecule has 1 fully saturated rings. The number of rotatable bonds is 7. The second-order valence-corrected chi connectivity index (χ2v) is 5.34. The molecule has 0 amide bonds. The molecule has 1 saturated carbocycles. The molecule has 1 aliphatic rings. The van der Waals surface area contributed by atoms with Gasteiger partial charge in [0.25, 0.3) is 0 Å². The Morgan fingerprint density at radius 2 is 1.78 bits per heavy atom. The minimum atomic E-state index is 0.522. The molecule has 4 heteroatoms. The van der Waals surface area contributed by atoms with Crippen LogP contribution in [0.4, 0.5) is 5.95 Å². The zero-order valence-corrected chi connectivity index (χ0v) is 11.8. The van der Waals surface area contributed by atoms with Crippen LogP contribution in [-0.2, 0) is 12.8 Å². The number of aromatic nitrogens is 3. The molecule has 0 radical (unpaired) electrons. The van der Waals surface area contributed by atoms with Crippen molar-refractivity contribution < 1.29 is 0 Å². The van der Waals surface area contributed by atoms with Gasteiger partial charge < -0.3 is 5.32 Å². The number of hydrogen-bond acceptors (Lipinski definition) is 4. The number of nitrogens with zero attached hydrogens (tertiary/aromatic N) is 3. The molecule has 0 spiro atoms. The van der Waals surface area contributed by atoms with Gasteiger partial charge in [0, 0.05) is 6.54 Å².